The van der Waals surface area contributed by atoms with E-state index in [1.807, 2.05) is 0 Å². The summed E-state index contributed by atoms with van der Waals surface area (Å²) in [5, 5.41) is 3.64. The molecule has 2 heteroatoms. The highest BCUT2D eigenvalue weighted by atomic mass is 15.2. The van der Waals surface area contributed by atoms with E-state index in [0.29, 0.717) is 16.9 Å². The second-order valence-corrected chi connectivity index (χ2v) is 7.48. The number of hydrogen-bond acceptors (Lipinski definition) is 2. The van der Waals surface area contributed by atoms with Gasteiger partial charge in [-0.05, 0) is 23.8 Å². The summed E-state index contributed by atoms with van der Waals surface area (Å²) in [5.41, 5.74) is 0.836. The number of nitrogens with one attached hydrogen (secondary N) is 1. The number of hydrogen-bond donors (Lipinski definition) is 1. The molecule has 1 aliphatic heterocycles. The summed E-state index contributed by atoms with van der Waals surface area (Å²) in [6.07, 6.45) is 1.30. The molecule has 0 saturated carbocycles. The van der Waals surface area contributed by atoms with Crippen molar-refractivity contribution in [3.63, 3.8) is 0 Å². The van der Waals surface area contributed by atoms with E-state index >= 15 is 0 Å². The molecule has 1 fully saturated rings. The zero-order chi connectivity index (χ0) is 12.4. The summed E-state index contributed by atoms with van der Waals surface area (Å²) >= 11 is 0. The molecule has 1 unspecified atom stereocenters. The van der Waals surface area contributed by atoms with Gasteiger partial charge in [0, 0.05) is 25.7 Å². The average molecular weight is 226 g/mol. The molecule has 0 bridgehead atoms. The van der Waals surface area contributed by atoms with Gasteiger partial charge in [-0.1, -0.05) is 41.5 Å². The predicted octanol–water partition coefficient (Wildman–Crippen LogP) is 2.74. The highest BCUT2D eigenvalue weighted by Crippen LogP contribution is 2.23. The summed E-state index contributed by atoms with van der Waals surface area (Å²) < 4.78 is 0. The van der Waals surface area contributed by atoms with E-state index in [9.17, 15) is 0 Å². The number of nitrogens with zero attached hydrogens (tertiary/aromatic N) is 1. The first-order valence-electron chi connectivity index (χ1n) is 6.64. The lowest BCUT2D eigenvalue weighted by molar-refractivity contribution is 0.123. The van der Waals surface area contributed by atoms with E-state index in [1.165, 1.54) is 26.1 Å². The Kier molecular flexibility index (Phi) is 4.42. The van der Waals surface area contributed by atoms with Crippen LogP contribution in [0.1, 0.15) is 48.0 Å². The second kappa shape index (κ2) is 5.05. The van der Waals surface area contributed by atoms with E-state index in [-0.39, 0.29) is 0 Å². The van der Waals surface area contributed by atoms with Gasteiger partial charge in [0.05, 0.1) is 0 Å². The standard InChI is InChI=1S/C14H30N2/c1-13(2,3)7-9-16-10-8-15-12(11-16)14(4,5)6/h12,15H,7-11H2,1-6H3. The molecule has 1 heterocycles. The lowest BCUT2D eigenvalue weighted by Crippen LogP contribution is -2.56. The van der Waals surface area contributed by atoms with Crippen LogP contribution < -0.4 is 5.32 Å². The van der Waals surface area contributed by atoms with Crippen molar-refractivity contribution in [1.82, 2.24) is 10.2 Å². The molecule has 0 aromatic carbocycles. The summed E-state index contributed by atoms with van der Waals surface area (Å²) in [7, 11) is 0. The first kappa shape index (κ1) is 14.0. The van der Waals surface area contributed by atoms with Gasteiger partial charge >= 0.3 is 0 Å². The third-order valence-electron chi connectivity index (χ3n) is 3.48. The Hall–Kier alpha value is -0.0800. The Morgan fingerprint density at radius 1 is 1.12 bits per heavy atom. The Balaban J connectivity index is 2.39. The Morgan fingerprint density at radius 3 is 2.25 bits per heavy atom. The van der Waals surface area contributed by atoms with Crippen LogP contribution in [-0.4, -0.2) is 37.1 Å². The van der Waals surface area contributed by atoms with Crippen molar-refractivity contribution in [2.45, 2.75) is 54.0 Å². The molecule has 0 spiro atoms. The molecule has 0 aromatic heterocycles. The fourth-order valence-corrected chi connectivity index (χ4v) is 2.09. The van der Waals surface area contributed by atoms with Gasteiger partial charge in [-0.3, -0.25) is 0 Å². The molecule has 2 nitrogen and oxygen atoms in total. The molecular weight excluding hydrogens is 196 g/mol. The van der Waals surface area contributed by atoms with E-state index in [0.717, 1.165) is 6.54 Å². The normalized spacial score (nSPS) is 24.8. The van der Waals surface area contributed by atoms with Crippen molar-refractivity contribution in [2.75, 3.05) is 26.2 Å². The second-order valence-electron chi connectivity index (χ2n) is 7.48. The number of rotatable bonds is 2. The lowest BCUT2D eigenvalue weighted by Gasteiger charge is -2.41. The van der Waals surface area contributed by atoms with Gasteiger partial charge in [0.25, 0.3) is 0 Å². The van der Waals surface area contributed by atoms with Crippen molar-refractivity contribution >= 4 is 0 Å². The van der Waals surface area contributed by atoms with E-state index in [4.69, 9.17) is 0 Å². The largest absolute Gasteiger partial charge is 0.311 e. The molecule has 1 atom stereocenters. The Morgan fingerprint density at radius 2 is 1.75 bits per heavy atom. The van der Waals surface area contributed by atoms with Crippen LogP contribution >= 0.6 is 0 Å². The zero-order valence-electron chi connectivity index (χ0n) is 12.1. The maximum absolute atomic E-state index is 3.64. The van der Waals surface area contributed by atoms with Gasteiger partial charge in [0.1, 0.15) is 0 Å². The number of piperazine rings is 1. The van der Waals surface area contributed by atoms with Crippen molar-refractivity contribution in [3.8, 4) is 0 Å². The summed E-state index contributed by atoms with van der Waals surface area (Å²) in [4.78, 5) is 2.62. The van der Waals surface area contributed by atoms with Gasteiger partial charge in [-0.2, -0.15) is 0 Å². The first-order valence-corrected chi connectivity index (χ1v) is 6.64. The maximum atomic E-state index is 3.64. The van der Waals surface area contributed by atoms with Gasteiger partial charge in [-0.15, -0.1) is 0 Å². The molecule has 1 N–H and O–H groups in total. The molecule has 16 heavy (non-hydrogen) atoms. The van der Waals surface area contributed by atoms with Gasteiger partial charge in [0.15, 0.2) is 0 Å². The van der Waals surface area contributed by atoms with Crippen LogP contribution in [-0.2, 0) is 0 Å². The van der Waals surface area contributed by atoms with Crippen molar-refractivity contribution < 1.29 is 0 Å². The van der Waals surface area contributed by atoms with Crippen molar-refractivity contribution in [3.05, 3.63) is 0 Å². The van der Waals surface area contributed by atoms with Gasteiger partial charge in [-0.25, -0.2) is 0 Å². The molecular formula is C14H30N2. The van der Waals surface area contributed by atoms with Crippen LogP contribution in [0.25, 0.3) is 0 Å². The SMILES string of the molecule is CC(C)(C)CCN1CCNC(C(C)(C)C)C1. The summed E-state index contributed by atoms with van der Waals surface area (Å²) in [6.45, 7) is 18.8. The molecule has 1 aliphatic rings. The first-order chi connectivity index (χ1) is 7.18. The minimum atomic E-state index is 0.375. The zero-order valence-corrected chi connectivity index (χ0v) is 12.1. The maximum Gasteiger partial charge on any atom is 0.0244 e. The molecule has 0 radical (unpaired) electrons. The molecule has 0 amide bonds. The van der Waals surface area contributed by atoms with E-state index in [2.05, 4.69) is 51.8 Å². The average Bonchev–Trinajstić information content (AvgIpc) is 2.13. The predicted molar refractivity (Wildman–Crippen MR) is 71.8 cm³/mol. The van der Waals surface area contributed by atoms with E-state index < -0.39 is 0 Å². The van der Waals surface area contributed by atoms with Crippen LogP contribution in [0.5, 0.6) is 0 Å². The molecule has 96 valence electrons. The smallest absolute Gasteiger partial charge is 0.0244 e. The van der Waals surface area contributed by atoms with Gasteiger partial charge < -0.3 is 10.2 Å². The minimum absolute atomic E-state index is 0.375. The van der Waals surface area contributed by atoms with E-state index in [1.54, 1.807) is 0 Å². The van der Waals surface area contributed by atoms with Gasteiger partial charge in [0.2, 0.25) is 0 Å². The summed E-state index contributed by atoms with van der Waals surface area (Å²) in [5.74, 6) is 0. The highest BCUT2D eigenvalue weighted by Gasteiger charge is 2.29. The lowest BCUT2D eigenvalue weighted by atomic mass is 9.85. The monoisotopic (exact) mass is 226 g/mol. The fourth-order valence-electron chi connectivity index (χ4n) is 2.09. The third kappa shape index (κ3) is 4.84. The van der Waals surface area contributed by atoms with Crippen molar-refractivity contribution in [1.29, 1.82) is 0 Å². The molecule has 0 aromatic rings. The quantitative estimate of drug-likeness (QED) is 0.779. The Labute approximate surface area is 102 Å². The van der Waals surface area contributed by atoms with Crippen LogP contribution in [0.4, 0.5) is 0 Å². The summed E-state index contributed by atoms with van der Waals surface area (Å²) in [6, 6.07) is 0.640. The Bertz CT molecular complexity index is 210. The van der Waals surface area contributed by atoms with Crippen LogP contribution in [0.2, 0.25) is 0 Å². The van der Waals surface area contributed by atoms with Crippen LogP contribution in [0.15, 0.2) is 0 Å². The highest BCUT2D eigenvalue weighted by molar-refractivity contribution is 4.87. The molecule has 0 aliphatic carbocycles. The molecule has 1 rings (SSSR count). The fraction of sp³-hybridized carbons (Fsp3) is 1.00. The molecule has 1 saturated heterocycles. The third-order valence-corrected chi connectivity index (χ3v) is 3.48. The van der Waals surface area contributed by atoms with Crippen molar-refractivity contribution in [2.24, 2.45) is 10.8 Å². The minimum Gasteiger partial charge on any atom is -0.311 e. The topological polar surface area (TPSA) is 15.3 Å². The van der Waals surface area contributed by atoms with Crippen LogP contribution in [0, 0.1) is 10.8 Å². The van der Waals surface area contributed by atoms with Crippen LogP contribution in [0.3, 0.4) is 0 Å².